The predicted octanol–water partition coefficient (Wildman–Crippen LogP) is 0.973. The van der Waals surface area contributed by atoms with Crippen LogP contribution in [0, 0.1) is 18.8 Å². The Morgan fingerprint density at radius 3 is 2.61 bits per heavy atom. The lowest BCUT2D eigenvalue weighted by Gasteiger charge is -2.36. The zero-order chi connectivity index (χ0) is 24.2. The molecule has 11 heteroatoms. The molecule has 1 aromatic heterocycles. The quantitative estimate of drug-likeness (QED) is 0.215. The van der Waals surface area contributed by atoms with Gasteiger partial charge in [-0.15, -0.1) is 0 Å². The van der Waals surface area contributed by atoms with Crippen LogP contribution < -0.4 is 11.1 Å². The van der Waals surface area contributed by atoms with Crippen molar-refractivity contribution in [3.8, 4) is 0 Å². The largest absolute Gasteiger partial charge is 0.424 e. The number of likely N-dealkylation sites (tertiary alicyclic amines) is 1. The van der Waals surface area contributed by atoms with Crippen molar-refractivity contribution in [3.63, 3.8) is 0 Å². The van der Waals surface area contributed by atoms with Crippen molar-refractivity contribution in [2.75, 3.05) is 13.1 Å². The summed E-state index contributed by atoms with van der Waals surface area (Å²) in [5.74, 6) is -1.68. The summed E-state index contributed by atoms with van der Waals surface area (Å²) in [6.45, 7) is 1.96. The maximum Gasteiger partial charge on any atom is 0.424 e. The highest BCUT2D eigenvalue weighted by molar-refractivity contribution is 5.91. The summed E-state index contributed by atoms with van der Waals surface area (Å²) in [4.78, 5) is 51.0. The summed E-state index contributed by atoms with van der Waals surface area (Å²) in [7, 11) is 1.79. The number of hydrogen-bond acceptors (Lipinski definition) is 6. The zero-order valence-electron chi connectivity index (χ0n) is 19.4. The molecule has 1 unspecified atom stereocenters. The van der Waals surface area contributed by atoms with E-state index in [-0.39, 0.29) is 32.0 Å². The van der Waals surface area contributed by atoms with E-state index in [9.17, 15) is 24.4 Å². The summed E-state index contributed by atoms with van der Waals surface area (Å²) in [6.07, 6.45) is 7.22. The molecule has 1 aliphatic carbocycles. The minimum absolute atomic E-state index is 0.151. The number of carbonyl (C=O) groups is 4. The number of hydroxylamine groups is 2. The average molecular weight is 464 g/mol. The number of hydrogen-bond donors (Lipinski definition) is 3. The van der Waals surface area contributed by atoms with E-state index in [1.54, 1.807) is 17.9 Å². The van der Waals surface area contributed by atoms with Crippen molar-refractivity contribution in [2.24, 2.45) is 24.6 Å². The first kappa shape index (κ1) is 24.8. The van der Waals surface area contributed by atoms with E-state index in [0.717, 1.165) is 36.9 Å². The molecule has 33 heavy (non-hydrogen) atoms. The van der Waals surface area contributed by atoms with Gasteiger partial charge in [-0.2, -0.15) is 9.58 Å². The van der Waals surface area contributed by atoms with Crippen molar-refractivity contribution < 1.29 is 28.9 Å². The van der Waals surface area contributed by atoms with Crippen LogP contribution in [0.3, 0.4) is 0 Å². The summed E-state index contributed by atoms with van der Waals surface area (Å²) in [6, 6.07) is -1.57. The molecule has 0 radical (unpaired) electrons. The van der Waals surface area contributed by atoms with E-state index in [1.165, 1.54) is 0 Å². The van der Waals surface area contributed by atoms with Crippen LogP contribution in [0.1, 0.15) is 56.2 Å². The van der Waals surface area contributed by atoms with Crippen molar-refractivity contribution in [1.82, 2.24) is 20.2 Å². The third-order valence-electron chi connectivity index (χ3n) is 7.34. The second-order valence-electron chi connectivity index (χ2n) is 9.34. The van der Waals surface area contributed by atoms with Crippen LogP contribution in [0.2, 0.25) is 0 Å². The molecule has 2 fully saturated rings. The van der Waals surface area contributed by atoms with Gasteiger partial charge in [0.05, 0.1) is 31.7 Å². The van der Waals surface area contributed by atoms with Gasteiger partial charge in [-0.25, -0.2) is 14.7 Å². The number of nitrogens with two attached hydrogens (primary N) is 1. The van der Waals surface area contributed by atoms with Gasteiger partial charge in [-0.3, -0.25) is 19.5 Å². The van der Waals surface area contributed by atoms with Gasteiger partial charge < -0.3 is 11.1 Å². The Labute approximate surface area is 193 Å². The summed E-state index contributed by atoms with van der Waals surface area (Å²) < 4.78 is 0.963. The summed E-state index contributed by atoms with van der Waals surface area (Å²) >= 11 is 0. The Morgan fingerprint density at radius 2 is 2.03 bits per heavy atom. The molecule has 1 aromatic rings. The molecule has 2 heterocycles. The van der Waals surface area contributed by atoms with E-state index in [2.05, 4.69) is 10.4 Å². The fraction of sp³-hybridized carbons (Fsp3) is 0.682. The lowest BCUT2D eigenvalue weighted by atomic mass is 9.90. The first-order chi connectivity index (χ1) is 15.7. The molecule has 4 N–H and O–H groups in total. The van der Waals surface area contributed by atoms with Gasteiger partial charge in [0.2, 0.25) is 6.41 Å². The lowest BCUT2D eigenvalue weighted by molar-refractivity contribution is -0.779. The summed E-state index contributed by atoms with van der Waals surface area (Å²) in [5.41, 5.74) is 7.34. The highest BCUT2D eigenvalue weighted by atomic mass is 16.5. The topological polar surface area (TPSA) is 148 Å². The van der Waals surface area contributed by atoms with Crippen LogP contribution >= 0.6 is 0 Å². The Kier molecular flexibility index (Phi) is 7.85. The standard InChI is InChI=1S/C22H34N6O5/c1-15-18(12-25-26(15)2)11-24-22(32)28(9-5-8-19(28)20(23)30)21(31)17(13-27(33)14-29)10-16-6-3-4-7-16/h12,14,16-17,19,33H,3-11,13H2,1-2H3,(H2-,23,24,30,32)/p+1/t17-,19+,28?/m1/s1. The molecular weight excluding hydrogens is 428 g/mol. The number of rotatable bonds is 9. The average Bonchev–Trinajstić information content (AvgIpc) is 3.53. The molecular formula is C22H35N6O5+. The molecule has 0 spiro atoms. The van der Waals surface area contributed by atoms with Gasteiger partial charge in [-0.1, -0.05) is 25.7 Å². The van der Waals surface area contributed by atoms with Gasteiger partial charge in [0.15, 0.2) is 6.04 Å². The smallest absolute Gasteiger partial charge is 0.364 e. The number of imide groups is 1. The van der Waals surface area contributed by atoms with E-state index < -0.39 is 34.3 Å². The van der Waals surface area contributed by atoms with Gasteiger partial charge in [-0.05, 0) is 19.3 Å². The van der Waals surface area contributed by atoms with Crippen molar-refractivity contribution in [2.45, 2.75) is 64.5 Å². The molecule has 0 bridgehead atoms. The van der Waals surface area contributed by atoms with E-state index in [1.807, 2.05) is 6.92 Å². The number of primary amides is 1. The van der Waals surface area contributed by atoms with Gasteiger partial charge >= 0.3 is 11.9 Å². The molecule has 5 amide bonds. The van der Waals surface area contributed by atoms with E-state index >= 15 is 0 Å². The summed E-state index contributed by atoms with van der Waals surface area (Å²) in [5, 5.41) is 17.3. The first-order valence-corrected chi connectivity index (χ1v) is 11.6. The van der Waals surface area contributed by atoms with Crippen LogP contribution in [0.5, 0.6) is 0 Å². The number of quaternary nitrogens is 1. The number of nitrogens with zero attached hydrogens (tertiary/aromatic N) is 4. The molecule has 3 atom stereocenters. The minimum Gasteiger partial charge on any atom is -0.364 e. The Morgan fingerprint density at radius 1 is 1.33 bits per heavy atom. The van der Waals surface area contributed by atoms with Gasteiger partial charge in [0.1, 0.15) is 0 Å². The molecule has 1 saturated heterocycles. The maximum atomic E-state index is 14.0. The van der Waals surface area contributed by atoms with Gasteiger partial charge in [0, 0.05) is 31.1 Å². The third kappa shape index (κ3) is 5.09. The van der Waals surface area contributed by atoms with E-state index in [4.69, 9.17) is 5.73 Å². The molecule has 1 saturated carbocycles. The number of aryl methyl sites for hydroxylation is 1. The molecule has 2 aliphatic rings. The molecule has 3 rings (SSSR count). The second-order valence-corrected chi connectivity index (χ2v) is 9.34. The SMILES string of the molecule is Cc1c(CNC(=O)[N+]2(C(=O)[C@H](CC3CCCC3)CN(O)C=O)CCC[C@H]2C(N)=O)cnn1C. The number of carbonyl (C=O) groups excluding carboxylic acids is 4. The van der Waals surface area contributed by atoms with Crippen LogP contribution in [0.4, 0.5) is 4.79 Å². The first-order valence-electron chi connectivity index (χ1n) is 11.6. The second kappa shape index (κ2) is 10.4. The zero-order valence-corrected chi connectivity index (χ0v) is 19.4. The Balaban J connectivity index is 1.90. The molecule has 1 aliphatic heterocycles. The van der Waals surface area contributed by atoms with Crippen LogP contribution in [-0.2, 0) is 28.0 Å². The Bertz CT molecular complexity index is 896. The Hall–Kier alpha value is -2.79. The normalized spacial score (nSPS) is 23.9. The lowest BCUT2D eigenvalue weighted by Crippen LogP contribution is -2.68. The number of amides is 5. The van der Waals surface area contributed by atoms with Crippen LogP contribution in [0.25, 0.3) is 0 Å². The van der Waals surface area contributed by atoms with E-state index in [0.29, 0.717) is 24.3 Å². The van der Waals surface area contributed by atoms with Crippen molar-refractivity contribution in [3.05, 3.63) is 17.5 Å². The third-order valence-corrected chi connectivity index (χ3v) is 7.34. The molecule has 182 valence electrons. The molecule has 11 nitrogen and oxygen atoms in total. The fourth-order valence-electron chi connectivity index (χ4n) is 5.40. The van der Waals surface area contributed by atoms with Crippen LogP contribution in [0.15, 0.2) is 6.20 Å². The number of aromatic nitrogens is 2. The molecule has 0 aromatic carbocycles. The monoisotopic (exact) mass is 463 g/mol. The van der Waals surface area contributed by atoms with Gasteiger partial charge in [0.25, 0.3) is 5.91 Å². The number of nitrogens with one attached hydrogen (secondary N) is 1. The predicted molar refractivity (Wildman–Crippen MR) is 117 cm³/mol. The minimum atomic E-state index is -0.984. The van der Waals surface area contributed by atoms with Crippen molar-refractivity contribution >= 4 is 24.3 Å². The highest BCUT2D eigenvalue weighted by Crippen LogP contribution is 2.36. The highest BCUT2D eigenvalue weighted by Gasteiger charge is 2.58. The fourth-order valence-corrected chi connectivity index (χ4v) is 5.40. The van der Waals surface area contributed by atoms with Crippen LogP contribution in [-0.4, -0.2) is 67.9 Å². The van der Waals surface area contributed by atoms with Crippen molar-refractivity contribution in [1.29, 1.82) is 0 Å². The maximum absolute atomic E-state index is 14.0. The number of urea groups is 1.